The molecule has 0 spiro atoms. The lowest BCUT2D eigenvalue weighted by molar-refractivity contribution is -0.0527. The summed E-state index contributed by atoms with van der Waals surface area (Å²) in [6.07, 6.45) is 0.855. The van der Waals surface area contributed by atoms with E-state index in [1.807, 2.05) is 36.1 Å². The molecule has 0 aromatic heterocycles. The van der Waals surface area contributed by atoms with Crippen LogP contribution >= 0.6 is 0 Å². The van der Waals surface area contributed by atoms with Gasteiger partial charge in [0.05, 0.1) is 13.2 Å². The molecule has 0 aliphatic carbocycles. The van der Waals surface area contributed by atoms with Crippen molar-refractivity contribution in [2.75, 3.05) is 51.3 Å². The quantitative estimate of drug-likeness (QED) is 0.921. The topological polar surface area (TPSA) is 54.0 Å². The van der Waals surface area contributed by atoms with Gasteiger partial charge in [0.25, 0.3) is 0 Å². The Morgan fingerprint density at radius 3 is 2.43 bits per heavy atom. The van der Waals surface area contributed by atoms with Crippen LogP contribution in [-0.4, -0.2) is 68.1 Å². The first kappa shape index (κ1) is 16.2. The Kier molecular flexibility index (Phi) is 5.48. The van der Waals surface area contributed by atoms with Crippen LogP contribution in [0.5, 0.6) is 0 Å². The SMILES string of the molecule is Cc1ccc(NC(=O)N2CCN(CCC3OCCO3)CC2)cc1. The molecule has 0 unspecified atom stereocenters. The number of nitrogens with zero attached hydrogens (tertiary/aromatic N) is 2. The van der Waals surface area contributed by atoms with E-state index in [0.717, 1.165) is 44.8 Å². The van der Waals surface area contributed by atoms with E-state index in [9.17, 15) is 4.79 Å². The van der Waals surface area contributed by atoms with Crippen molar-refractivity contribution in [2.24, 2.45) is 0 Å². The van der Waals surface area contributed by atoms with Gasteiger partial charge in [-0.25, -0.2) is 4.79 Å². The lowest BCUT2D eigenvalue weighted by Gasteiger charge is -2.34. The monoisotopic (exact) mass is 319 g/mol. The second kappa shape index (κ2) is 7.77. The average molecular weight is 319 g/mol. The molecule has 2 fully saturated rings. The highest BCUT2D eigenvalue weighted by Crippen LogP contribution is 2.12. The number of hydrogen-bond donors (Lipinski definition) is 1. The van der Waals surface area contributed by atoms with Gasteiger partial charge in [0, 0.05) is 44.8 Å². The fourth-order valence-electron chi connectivity index (χ4n) is 2.88. The van der Waals surface area contributed by atoms with Crippen LogP contribution in [0.4, 0.5) is 10.5 Å². The fourth-order valence-corrected chi connectivity index (χ4v) is 2.88. The first-order chi connectivity index (χ1) is 11.2. The van der Waals surface area contributed by atoms with Crippen molar-refractivity contribution in [1.82, 2.24) is 9.80 Å². The summed E-state index contributed by atoms with van der Waals surface area (Å²) in [5.41, 5.74) is 2.03. The lowest BCUT2D eigenvalue weighted by Crippen LogP contribution is -2.50. The van der Waals surface area contributed by atoms with Gasteiger partial charge < -0.3 is 19.7 Å². The first-order valence-corrected chi connectivity index (χ1v) is 8.29. The van der Waals surface area contributed by atoms with E-state index in [-0.39, 0.29) is 12.3 Å². The number of aryl methyl sites for hydroxylation is 1. The highest BCUT2D eigenvalue weighted by molar-refractivity contribution is 5.89. The molecule has 0 saturated carbocycles. The molecule has 3 rings (SSSR count). The van der Waals surface area contributed by atoms with Crippen molar-refractivity contribution in [3.63, 3.8) is 0 Å². The largest absolute Gasteiger partial charge is 0.350 e. The van der Waals surface area contributed by atoms with Crippen LogP contribution in [-0.2, 0) is 9.47 Å². The number of rotatable bonds is 4. The van der Waals surface area contributed by atoms with Gasteiger partial charge in [0.1, 0.15) is 0 Å². The minimum atomic E-state index is -0.0436. The lowest BCUT2D eigenvalue weighted by atomic mass is 10.2. The van der Waals surface area contributed by atoms with Crippen LogP contribution in [0.3, 0.4) is 0 Å². The third-order valence-corrected chi connectivity index (χ3v) is 4.33. The number of carbonyl (C=O) groups excluding carboxylic acids is 1. The van der Waals surface area contributed by atoms with Crippen LogP contribution in [0.25, 0.3) is 0 Å². The Morgan fingerprint density at radius 2 is 1.78 bits per heavy atom. The Labute approximate surface area is 137 Å². The van der Waals surface area contributed by atoms with Gasteiger partial charge in [0.15, 0.2) is 6.29 Å². The summed E-state index contributed by atoms with van der Waals surface area (Å²) in [7, 11) is 0. The predicted molar refractivity (Wildman–Crippen MR) is 88.5 cm³/mol. The number of amides is 2. The fraction of sp³-hybridized carbons (Fsp3) is 0.588. The van der Waals surface area contributed by atoms with Gasteiger partial charge in [-0.05, 0) is 19.1 Å². The molecular weight excluding hydrogens is 294 g/mol. The van der Waals surface area contributed by atoms with Crippen LogP contribution in [0.15, 0.2) is 24.3 Å². The molecule has 1 aromatic rings. The van der Waals surface area contributed by atoms with Gasteiger partial charge >= 0.3 is 6.03 Å². The maximum Gasteiger partial charge on any atom is 0.321 e. The van der Waals surface area contributed by atoms with E-state index >= 15 is 0 Å². The summed E-state index contributed by atoms with van der Waals surface area (Å²) in [5, 5.41) is 2.96. The molecule has 6 nitrogen and oxygen atoms in total. The summed E-state index contributed by atoms with van der Waals surface area (Å²) < 4.78 is 10.9. The second-order valence-electron chi connectivity index (χ2n) is 6.08. The summed E-state index contributed by atoms with van der Waals surface area (Å²) >= 11 is 0. The maximum absolute atomic E-state index is 12.3. The van der Waals surface area contributed by atoms with E-state index in [1.54, 1.807) is 0 Å². The minimum Gasteiger partial charge on any atom is -0.350 e. The number of urea groups is 1. The average Bonchev–Trinajstić information content (AvgIpc) is 3.09. The molecule has 2 heterocycles. The number of ether oxygens (including phenoxy) is 2. The standard InChI is InChI=1S/C17H25N3O3/c1-14-2-4-15(5-3-14)18-17(21)20-10-8-19(9-11-20)7-6-16-22-12-13-23-16/h2-5,16H,6-13H2,1H3,(H,18,21). The van der Waals surface area contributed by atoms with Crippen molar-refractivity contribution >= 4 is 11.7 Å². The smallest absolute Gasteiger partial charge is 0.321 e. The summed E-state index contributed by atoms with van der Waals surface area (Å²) in [4.78, 5) is 16.5. The Morgan fingerprint density at radius 1 is 1.13 bits per heavy atom. The van der Waals surface area contributed by atoms with E-state index in [0.29, 0.717) is 13.2 Å². The van der Waals surface area contributed by atoms with Crippen LogP contribution in [0, 0.1) is 6.92 Å². The highest BCUT2D eigenvalue weighted by atomic mass is 16.7. The molecule has 23 heavy (non-hydrogen) atoms. The Balaban J connectivity index is 1.39. The zero-order chi connectivity index (χ0) is 16.1. The molecular formula is C17H25N3O3. The zero-order valence-electron chi connectivity index (χ0n) is 13.7. The van der Waals surface area contributed by atoms with Crippen molar-refractivity contribution < 1.29 is 14.3 Å². The van der Waals surface area contributed by atoms with Crippen LogP contribution in [0.1, 0.15) is 12.0 Å². The van der Waals surface area contributed by atoms with Crippen LogP contribution in [0.2, 0.25) is 0 Å². The molecule has 0 atom stereocenters. The van der Waals surface area contributed by atoms with Gasteiger partial charge in [-0.15, -0.1) is 0 Å². The molecule has 0 radical (unpaired) electrons. The van der Waals surface area contributed by atoms with Crippen LogP contribution < -0.4 is 5.32 Å². The molecule has 2 saturated heterocycles. The molecule has 2 aliphatic rings. The Hall–Kier alpha value is -1.63. The van der Waals surface area contributed by atoms with Gasteiger partial charge in [-0.1, -0.05) is 17.7 Å². The zero-order valence-corrected chi connectivity index (χ0v) is 13.7. The van der Waals surface area contributed by atoms with E-state index in [2.05, 4.69) is 10.2 Å². The summed E-state index contributed by atoms with van der Waals surface area (Å²) in [6, 6.07) is 7.85. The van der Waals surface area contributed by atoms with Gasteiger partial charge in [-0.3, -0.25) is 4.90 Å². The van der Waals surface area contributed by atoms with Crippen molar-refractivity contribution in [2.45, 2.75) is 19.6 Å². The predicted octanol–water partition coefficient (Wildman–Crippen LogP) is 1.91. The number of nitrogens with one attached hydrogen (secondary N) is 1. The van der Waals surface area contributed by atoms with Gasteiger partial charge in [-0.2, -0.15) is 0 Å². The van der Waals surface area contributed by atoms with Crippen molar-refractivity contribution in [3.05, 3.63) is 29.8 Å². The Bertz CT molecular complexity index is 506. The maximum atomic E-state index is 12.3. The third-order valence-electron chi connectivity index (χ3n) is 4.33. The second-order valence-corrected chi connectivity index (χ2v) is 6.08. The summed E-state index contributed by atoms with van der Waals surface area (Å²) in [6.45, 7) is 7.70. The van der Waals surface area contributed by atoms with E-state index in [4.69, 9.17) is 9.47 Å². The number of carbonyl (C=O) groups is 1. The first-order valence-electron chi connectivity index (χ1n) is 8.29. The van der Waals surface area contributed by atoms with Crippen molar-refractivity contribution in [1.29, 1.82) is 0 Å². The minimum absolute atomic E-state index is 0.0176. The summed E-state index contributed by atoms with van der Waals surface area (Å²) in [5.74, 6) is 0. The molecule has 2 amide bonds. The number of anilines is 1. The number of benzene rings is 1. The molecule has 1 N–H and O–H groups in total. The van der Waals surface area contributed by atoms with Crippen molar-refractivity contribution in [3.8, 4) is 0 Å². The third kappa shape index (κ3) is 4.67. The molecule has 6 heteroatoms. The molecule has 2 aliphatic heterocycles. The van der Waals surface area contributed by atoms with E-state index in [1.165, 1.54) is 5.56 Å². The highest BCUT2D eigenvalue weighted by Gasteiger charge is 2.23. The molecule has 0 bridgehead atoms. The normalized spacial score (nSPS) is 20.0. The number of hydrogen-bond acceptors (Lipinski definition) is 4. The van der Waals surface area contributed by atoms with Gasteiger partial charge in [0.2, 0.25) is 0 Å². The molecule has 126 valence electrons. The van der Waals surface area contributed by atoms with E-state index < -0.39 is 0 Å². The molecule has 1 aromatic carbocycles. The number of piperazine rings is 1.